The summed E-state index contributed by atoms with van der Waals surface area (Å²) in [6.45, 7) is 0.756. The average Bonchev–Trinajstić information content (AvgIpc) is 2.42. The average molecular weight is 303 g/mol. The van der Waals surface area contributed by atoms with Gasteiger partial charge < -0.3 is 10.5 Å². The Labute approximate surface area is 117 Å². The first kappa shape index (κ1) is 16.3. The van der Waals surface area contributed by atoms with E-state index in [-0.39, 0.29) is 22.9 Å². The predicted octanol–water partition coefficient (Wildman–Crippen LogP) is 0.621. The molecule has 20 heavy (non-hydrogen) atoms. The molecule has 1 aromatic carbocycles. The second-order valence-electron chi connectivity index (χ2n) is 3.98. The minimum Gasteiger partial charge on any atom is -0.490 e. The fourth-order valence-corrected chi connectivity index (χ4v) is 2.62. The summed E-state index contributed by atoms with van der Waals surface area (Å²) in [5.41, 5.74) is 5.03. The SMILES string of the molecule is COc1cc(S(=O)(=O)NCCCCN)ccc1[N+](=O)[O-]. The van der Waals surface area contributed by atoms with Crippen molar-refractivity contribution in [3.05, 3.63) is 28.3 Å². The quantitative estimate of drug-likeness (QED) is 0.412. The van der Waals surface area contributed by atoms with Gasteiger partial charge in [0.2, 0.25) is 10.0 Å². The lowest BCUT2D eigenvalue weighted by molar-refractivity contribution is -0.385. The van der Waals surface area contributed by atoms with E-state index in [1.165, 1.54) is 13.2 Å². The molecule has 0 radical (unpaired) electrons. The molecular weight excluding hydrogens is 286 g/mol. The summed E-state index contributed by atoms with van der Waals surface area (Å²) >= 11 is 0. The monoisotopic (exact) mass is 303 g/mol. The molecule has 0 aliphatic heterocycles. The van der Waals surface area contributed by atoms with Crippen molar-refractivity contribution in [1.29, 1.82) is 0 Å². The van der Waals surface area contributed by atoms with Crippen LogP contribution in [0.5, 0.6) is 5.75 Å². The largest absolute Gasteiger partial charge is 0.490 e. The van der Waals surface area contributed by atoms with Crippen LogP contribution in [0.2, 0.25) is 0 Å². The number of nitrogens with one attached hydrogen (secondary N) is 1. The molecule has 0 heterocycles. The first-order chi connectivity index (χ1) is 9.42. The van der Waals surface area contributed by atoms with Crippen LogP contribution in [-0.2, 0) is 10.0 Å². The number of nitrogens with zero attached hydrogens (tertiary/aromatic N) is 1. The van der Waals surface area contributed by atoms with Crippen LogP contribution in [-0.4, -0.2) is 33.5 Å². The number of unbranched alkanes of at least 4 members (excludes halogenated alkanes) is 1. The second kappa shape index (κ2) is 7.17. The molecule has 0 bridgehead atoms. The van der Waals surface area contributed by atoms with Crippen LogP contribution in [0.1, 0.15) is 12.8 Å². The van der Waals surface area contributed by atoms with Crippen LogP contribution in [0.4, 0.5) is 5.69 Å². The smallest absolute Gasteiger partial charge is 0.310 e. The van der Waals surface area contributed by atoms with Crippen molar-refractivity contribution < 1.29 is 18.1 Å². The van der Waals surface area contributed by atoms with Gasteiger partial charge in [-0.1, -0.05) is 0 Å². The van der Waals surface area contributed by atoms with E-state index in [9.17, 15) is 18.5 Å². The van der Waals surface area contributed by atoms with E-state index in [4.69, 9.17) is 10.5 Å². The maximum atomic E-state index is 12.0. The lowest BCUT2D eigenvalue weighted by Crippen LogP contribution is -2.25. The highest BCUT2D eigenvalue weighted by atomic mass is 32.2. The minimum absolute atomic E-state index is 0.0762. The van der Waals surface area contributed by atoms with Gasteiger partial charge in [-0.2, -0.15) is 0 Å². The summed E-state index contributed by atoms with van der Waals surface area (Å²) in [6.07, 6.45) is 1.34. The number of rotatable bonds is 8. The maximum absolute atomic E-state index is 12.0. The lowest BCUT2D eigenvalue weighted by atomic mass is 10.3. The number of hydrogen-bond donors (Lipinski definition) is 2. The zero-order valence-corrected chi connectivity index (χ0v) is 11.9. The molecule has 0 unspecified atom stereocenters. The molecule has 1 rings (SSSR count). The Balaban J connectivity index is 2.93. The molecule has 0 aliphatic rings. The van der Waals surface area contributed by atoms with Gasteiger partial charge in [0.25, 0.3) is 0 Å². The van der Waals surface area contributed by atoms with Crippen molar-refractivity contribution in [3.63, 3.8) is 0 Å². The Morgan fingerprint density at radius 1 is 1.40 bits per heavy atom. The third-order valence-electron chi connectivity index (χ3n) is 2.58. The topological polar surface area (TPSA) is 125 Å². The second-order valence-corrected chi connectivity index (χ2v) is 5.75. The molecule has 0 amide bonds. The molecular formula is C11H17N3O5S. The molecule has 0 atom stereocenters. The lowest BCUT2D eigenvalue weighted by Gasteiger charge is -2.08. The fraction of sp³-hybridized carbons (Fsp3) is 0.455. The Hall–Kier alpha value is -1.71. The van der Waals surface area contributed by atoms with Crippen molar-refractivity contribution in [3.8, 4) is 5.75 Å². The Kier molecular flexibility index (Phi) is 5.86. The van der Waals surface area contributed by atoms with Gasteiger partial charge in [-0.15, -0.1) is 0 Å². The number of hydrogen-bond acceptors (Lipinski definition) is 6. The fourth-order valence-electron chi connectivity index (χ4n) is 1.54. The number of nitro groups is 1. The van der Waals surface area contributed by atoms with E-state index in [1.54, 1.807) is 0 Å². The van der Waals surface area contributed by atoms with Gasteiger partial charge in [0.05, 0.1) is 16.9 Å². The van der Waals surface area contributed by atoms with E-state index in [1.807, 2.05) is 0 Å². The Morgan fingerprint density at radius 2 is 2.10 bits per heavy atom. The number of nitro benzene ring substituents is 1. The first-order valence-electron chi connectivity index (χ1n) is 5.94. The van der Waals surface area contributed by atoms with Crippen LogP contribution in [0.3, 0.4) is 0 Å². The van der Waals surface area contributed by atoms with Gasteiger partial charge in [0.1, 0.15) is 0 Å². The molecule has 0 spiro atoms. The van der Waals surface area contributed by atoms with Gasteiger partial charge in [-0.05, 0) is 25.5 Å². The van der Waals surface area contributed by atoms with E-state index < -0.39 is 14.9 Å². The molecule has 1 aromatic rings. The van der Waals surface area contributed by atoms with Crippen molar-refractivity contribution >= 4 is 15.7 Å². The number of nitrogens with two attached hydrogens (primary N) is 1. The van der Waals surface area contributed by atoms with Gasteiger partial charge in [0, 0.05) is 18.7 Å². The van der Waals surface area contributed by atoms with Gasteiger partial charge in [0.15, 0.2) is 5.75 Å². The molecule has 0 saturated heterocycles. The number of ether oxygens (including phenoxy) is 1. The molecule has 112 valence electrons. The van der Waals surface area contributed by atoms with E-state index in [0.717, 1.165) is 12.1 Å². The highest BCUT2D eigenvalue weighted by Gasteiger charge is 2.20. The van der Waals surface area contributed by atoms with Crippen molar-refractivity contribution in [2.75, 3.05) is 20.2 Å². The standard InChI is InChI=1S/C11H17N3O5S/c1-19-11-8-9(4-5-10(11)14(15)16)20(17,18)13-7-3-2-6-12/h4-5,8,13H,2-3,6-7,12H2,1H3. The zero-order valence-electron chi connectivity index (χ0n) is 11.0. The van der Waals surface area contributed by atoms with E-state index in [0.29, 0.717) is 19.4 Å². The number of sulfonamides is 1. The highest BCUT2D eigenvalue weighted by molar-refractivity contribution is 7.89. The Morgan fingerprint density at radius 3 is 2.65 bits per heavy atom. The third kappa shape index (κ3) is 4.15. The van der Waals surface area contributed by atoms with Crippen molar-refractivity contribution in [1.82, 2.24) is 4.72 Å². The first-order valence-corrected chi connectivity index (χ1v) is 7.43. The molecule has 0 saturated carbocycles. The summed E-state index contributed by atoms with van der Waals surface area (Å²) in [5, 5.41) is 10.7. The van der Waals surface area contributed by atoms with Gasteiger partial charge in [-0.3, -0.25) is 10.1 Å². The van der Waals surface area contributed by atoms with Gasteiger partial charge in [-0.25, -0.2) is 13.1 Å². The number of benzene rings is 1. The molecule has 0 aliphatic carbocycles. The van der Waals surface area contributed by atoms with Gasteiger partial charge >= 0.3 is 5.69 Å². The summed E-state index contributed by atoms with van der Waals surface area (Å²) in [6, 6.07) is 3.41. The van der Waals surface area contributed by atoms with E-state index >= 15 is 0 Å². The minimum atomic E-state index is -3.71. The van der Waals surface area contributed by atoms with Crippen LogP contribution >= 0.6 is 0 Å². The summed E-state index contributed by atoms with van der Waals surface area (Å²) in [7, 11) is -2.47. The molecule has 0 aromatic heterocycles. The molecule has 0 fully saturated rings. The Bertz CT molecular complexity index is 573. The van der Waals surface area contributed by atoms with Crippen LogP contribution in [0.15, 0.2) is 23.1 Å². The zero-order chi connectivity index (χ0) is 15.2. The highest BCUT2D eigenvalue weighted by Crippen LogP contribution is 2.29. The van der Waals surface area contributed by atoms with Crippen LogP contribution in [0.25, 0.3) is 0 Å². The summed E-state index contributed by atoms with van der Waals surface area (Å²) < 4.78 is 31.2. The molecule has 9 heteroatoms. The number of methoxy groups -OCH3 is 1. The van der Waals surface area contributed by atoms with Crippen molar-refractivity contribution in [2.45, 2.75) is 17.7 Å². The third-order valence-corrected chi connectivity index (χ3v) is 4.04. The summed E-state index contributed by atoms with van der Waals surface area (Å²) in [5.74, 6) is -0.0974. The predicted molar refractivity (Wildman–Crippen MR) is 73.1 cm³/mol. The summed E-state index contributed by atoms with van der Waals surface area (Å²) in [4.78, 5) is 10.0. The maximum Gasteiger partial charge on any atom is 0.310 e. The molecule has 8 nitrogen and oxygen atoms in total. The van der Waals surface area contributed by atoms with E-state index in [2.05, 4.69) is 4.72 Å². The normalized spacial score (nSPS) is 11.3. The van der Waals surface area contributed by atoms with Crippen LogP contribution < -0.4 is 15.2 Å². The van der Waals surface area contributed by atoms with Crippen LogP contribution in [0, 0.1) is 10.1 Å². The van der Waals surface area contributed by atoms with Crippen molar-refractivity contribution in [2.24, 2.45) is 5.73 Å². The molecule has 3 N–H and O–H groups in total.